The highest BCUT2D eigenvalue weighted by atomic mass is 32.2. The molecule has 0 fully saturated rings. The topological polar surface area (TPSA) is 0 Å². The smallest absolute Gasteiger partial charge is 0.0363 e. The molecule has 0 saturated heterocycles. The minimum absolute atomic E-state index is 0.795. The zero-order valence-electron chi connectivity index (χ0n) is 7.13. The van der Waals surface area contributed by atoms with Crippen molar-refractivity contribution in [1.29, 1.82) is 0 Å². The third kappa shape index (κ3) is 1.16. The minimum Gasteiger partial charge on any atom is -0.126 e. The number of rotatable bonds is 0. The number of thioether (sulfide) groups is 1. The third-order valence-corrected chi connectivity index (χ3v) is 4.07. The lowest BCUT2D eigenvalue weighted by Gasteiger charge is -2.26. The molecule has 0 N–H and O–H groups in total. The quantitative estimate of drug-likeness (QED) is 0.531. The maximum Gasteiger partial charge on any atom is 0.0363 e. The summed E-state index contributed by atoms with van der Waals surface area (Å²) >= 11 is 2.00. The second-order valence-corrected chi connectivity index (χ2v) is 4.66. The summed E-state index contributed by atoms with van der Waals surface area (Å²) in [4.78, 5) is 0. The van der Waals surface area contributed by atoms with E-state index in [1.54, 1.807) is 11.1 Å². The fourth-order valence-electron chi connectivity index (χ4n) is 1.93. The monoisotopic (exact) mass is 166 g/mol. The van der Waals surface area contributed by atoms with Crippen molar-refractivity contribution in [2.75, 3.05) is 0 Å². The summed E-state index contributed by atoms with van der Waals surface area (Å²) in [6, 6.07) is 0. The molecule has 0 bridgehead atoms. The molecule has 0 aromatic heterocycles. The number of fused-ring (bicyclic) bond motifs is 1. The molecular formula is C10H14S. The Bertz CT molecular complexity index is 225. The first-order valence-corrected chi connectivity index (χ1v) is 5.25. The van der Waals surface area contributed by atoms with Gasteiger partial charge in [0.15, 0.2) is 0 Å². The predicted molar refractivity (Wildman–Crippen MR) is 51.6 cm³/mol. The normalized spacial score (nSPS) is 36.2. The molecule has 0 radical (unpaired) electrons. The second-order valence-electron chi connectivity index (χ2n) is 3.61. The molecule has 1 aliphatic carbocycles. The van der Waals surface area contributed by atoms with Crippen LogP contribution < -0.4 is 0 Å². The molecule has 2 atom stereocenters. The summed E-state index contributed by atoms with van der Waals surface area (Å²) in [5.41, 5.74) is 3.24. The van der Waals surface area contributed by atoms with Crippen molar-refractivity contribution in [1.82, 2.24) is 0 Å². The van der Waals surface area contributed by atoms with Gasteiger partial charge >= 0.3 is 0 Å². The summed E-state index contributed by atoms with van der Waals surface area (Å²) in [6.45, 7) is 4.65. The molecule has 2 unspecified atom stereocenters. The largest absolute Gasteiger partial charge is 0.126 e. The molecule has 0 spiro atoms. The first kappa shape index (κ1) is 7.48. The highest BCUT2D eigenvalue weighted by molar-refractivity contribution is 8.03. The average molecular weight is 166 g/mol. The molecule has 60 valence electrons. The Kier molecular flexibility index (Phi) is 1.84. The summed E-state index contributed by atoms with van der Waals surface area (Å²) in [6.07, 6.45) is 5.01. The molecular weight excluding hydrogens is 152 g/mol. The van der Waals surface area contributed by atoms with Crippen molar-refractivity contribution < 1.29 is 0 Å². The van der Waals surface area contributed by atoms with Crippen LogP contribution in [0.3, 0.4) is 0 Å². The molecule has 0 aromatic carbocycles. The molecule has 1 aliphatic heterocycles. The van der Waals surface area contributed by atoms with Crippen LogP contribution in [0.25, 0.3) is 0 Å². The molecule has 1 heterocycles. The molecule has 0 aromatic rings. The SMILES string of the molecule is CC1=C2C=CSC2C(C)CC1. The van der Waals surface area contributed by atoms with E-state index in [0.29, 0.717) is 0 Å². The fourth-order valence-corrected chi connectivity index (χ4v) is 3.16. The minimum atomic E-state index is 0.795. The Balaban J connectivity index is 2.32. The predicted octanol–water partition coefficient (Wildman–Crippen LogP) is 3.36. The molecule has 0 saturated carbocycles. The number of allylic oxidation sites excluding steroid dienone is 2. The van der Waals surface area contributed by atoms with Crippen LogP contribution in [0.1, 0.15) is 26.7 Å². The fraction of sp³-hybridized carbons (Fsp3) is 0.600. The molecule has 0 nitrogen and oxygen atoms in total. The molecule has 11 heavy (non-hydrogen) atoms. The highest BCUT2D eigenvalue weighted by Crippen LogP contribution is 2.42. The Labute approximate surface area is 72.8 Å². The van der Waals surface area contributed by atoms with Gasteiger partial charge in [-0.15, -0.1) is 11.8 Å². The second kappa shape index (κ2) is 2.71. The van der Waals surface area contributed by atoms with Crippen LogP contribution in [0.4, 0.5) is 0 Å². The van der Waals surface area contributed by atoms with E-state index in [9.17, 15) is 0 Å². The van der Waals surface area contributed by atoms with Gasteiger partial charge in [-0.2, -0.15) is 0 Å². The van der Waals surface area contributed by atoms with E-state index in [-0.39, 0.29) is 0 Å². The van der Waals surface area contributed by atoms with E-state index >= 15 is 0 Å². The lowest BCUT2D eigenvalue weighted by atomic mass is 9.85. The van der Waals surface area contributed by atoms with Crippen molar-refractivity contribution >= 4 is 11.8 Å². The zero-order chi connectivity index (χ0) is 7.84. The van der Waals surface area contributed by atoms with Crippen LogP contribution in [0.15, 0.2) is 22.6 Å². The van der Waals surface area contributed by atoms with Crippen LogP contribution in [0, 0.1) is 5.92 Å². The lowest BCUT2D eigenvalue weighted by molar-refractivity contribution is 0.516. The van der Waals surface area contributed by atoms with Crippen LogP contribution in [-0.4, -0.2) is 5.25 Å². The molecule has 2 rings (SSSR count). The van der Waals surface area contributed by atoms with Crippen LogP contribution >= 0.6 is 11.8 Å². The van der Waals surface area contributed by atoms with Crippen LogP contribution in [0.5, 0.6) is 0 Å². The van der Waals surface area contributed by atoms with Gasteiger partial charge in [-0.3, -0.25) is 0 Å². The van der Waals surface area contributed by atoms with Gasteiger partial charge < -0.3 is 0 Å². The Morgan fingerprint density at radius 3 is 3.09 bits per heavy atom. The van der Waals surface area contributed by atoms with Crippen LogP contribution in [0.2, 0.25) is 0 Å². The molecule has 0 amide bonds. The van der Waals surface area contributed by atoms with E-state index in [4.69, 9.17) is 0 Å². The first-order chi connectivity index (χ1) is 5.29. The molecule has 2 aliphatic rings. The summed E-state index contributed by atoms with van der Waals surface area (Å²) in [5, 5.41) is 3.05. The van der Waals surface area contributed by atoms with Gasteiger partial charge in [-0.05, 0) is 36.7 Å². The zero-order valence-corrected chi connectivity index (χ0v) is 7.95. The maximum absolute atomic E-state index is 2.37. The van der Waals surface area contributed by atoms with E-state index in [2.05, 4.69) is 25.3 Å². The average Bonchev–Trinajstić information content (AvgIpc) is 2.45. The van der Waals surface area contributed by atoms with Crippen LogP contribution in [-0.2, 0) is 0 Å². The lowest BCUT2D eigenvalue weighted by Crippen LogP contribution is -2.18. The summed E-state index contributed by atoms with van der Waals surface area (Å²) in [5.74, 6) is 0.883. The van der Waals surface area contributed by atoms with Gasteiger partial charge in [0, 0.05) is 5.25 Å². The van der Waals surface area contributed by atoms with Crippen molar-refractivity contribution in [3.63, 3.8) is 0 Å². The van der Waals surface area contributed by atoms with Crippen molar-refractivity contribution in [3.8, 4) is 0 Å². The van der Waals surface area contributed by atoms with E-state index in [1.807, 2.05) is 11.8 Å². The Morgan fingerprint density at radius 1 is 1.55 bits per heavy atom. The van der Waals surface area contributed by atoms with Gasteiger partial charge in [0.25, 0.3) is 0 Å². The number of hydrogen-bond donors (Lipinski definition) is 0. The van der Waals surface area contributed by atoms with E-state index in [0.717, 1.165) is 11.2 Å². The van der Waals surface area contributed by atoms with E-state index in [1.165, 1.54) is 12.8 Å². The first-order valence-electron chi connectivity index (χ1n) is 4.30. The van der Waals surface area contributed by atoms with Gasteiger partial charge in [-0.25, -0.2) is 0 Å². The standard InChI is InChI=1S/C10H14S/c1-7-3-4-8(2)10-9(7)5-6-11-10/h5-6,8,10H,3-4H2,1-2H3. The van der Waals surface area contributed by atoms with Crippen molar-refractivity contribution in [3.05, 3.63) is 22.6 Å². The van der Waals surface area contributed by atoms with E-state index < -0.39 is 0 Å². The summed E-state index contributed by atoms with van der Waals surface area (Å²) in [7, 11) is 0. The van der Waals surface area contributed by atoms with Gasteiger partial charge in [0.2, 0.25) is 0 Å². The highest BCUT2D eigenvalue weighted by Gasteiger charge is 2.28. The molecule has 1 heteroatoms. The Hall–Kier alpha value is -0.170. The van der Waals surface area contributed by atoms with Gasteiger partial charge in [0.1, 0.15) is 0 Å². The van der Waals surface area contributed by atoms with Crippen molar-refractivity contribution in [2.45, 2.75) is 31.9 Å². The summed E-state index contributed by atoms with van der Waals surface area (Å²) < 4.78 is 0. The maximum atomic E-state index is 2.37. The third-order valence-electron chi connectivity index (χ3n) is 2.76. The van der Waals surface area contributed by atoms with Crippen molar-refractivity contribution in [2.24, 2.45) is 5.92 Å². The van der Waals surface area contributed by atoms with Gasteiger partial charge in [0.05, 0.1) is 0 Å². The van der Waals surface area contributed by atoms with Gasteiger partial charge in [-0.1, -0.05) is 18.6 Å². The number of hydrogen-bond acceptors (Lipinski definition) is 1. The Morgan fingerprint density at radius 2 is 2.36 bits per heavy atom.